The van der Waals surface area contributed by atoms with Gasteiger partial charge in [-0.05, 0) is 44.3 Å². The van der Waals surface area contributed by atoms with Gasteiger partial charge in [-0.3, -0.25) is 0 Å². The topological polar surface area (TPSA) is 49.4 Å². The Morgan fingerprint density at radius 2 is 2.00 bits per heavy atom. The summed E-state index contributed by atoms with van der Waals surface area (Å²) in [4.78, 5) is 2.52. The molecule has 1 saturated heterocycles. The van der Waals surface area contributed by atoms with Gasteiger partial charge in [0.05, 0.1) is 5.75 Å². The third-order valence-corrected chi connectivity index (χ3v) is 5.72. The van der Waals surface area contributed by atoms with Crippen molar-refractivity contribution in [2.75, 3.05) is 19.6 Å². The molecule has 4 nitrogen and oxygen atoms in total. The van der Waals surface area contributed by atoms with Crippen LogP contribution < -0.4 is 4.72 Å². The van der Waals surface area contributed by atoms with E-state index in [0.29, 0.717) is 12.6 Å². The van der Waals surface area contributed by atoms with Crippen molar-refractivity contribution in [3.8, 4) is 0 Å². The van der Waals surface area contributed by atoms with Gasteiger partial charge in [0, 0.05) is 12.6 Å². The highest BCUT2D eigenvalue weighted by Gasteiger charge is 2.20. The molecule has 1 fully saturated rings. The smallest absolute Gasteiger partial charge is 0.215 e. The molecule has 1 atom stereocenters. The molecule has 0 aromatic heterocycles. The molecular weight excluding hydrogens is 296 g/mol. The van der Waals surface area contributed by atoms with Crippen molar-refractivity contribution in [2.45, 2.75) is 50.8 Å². The molecule has 1 aliphatic heterocycles. The van der Waals surface area contributed by atoms with Gasteiger partial charge < -0.3 is 4.90 Å². The zero-order valence-electron chi connectivity index (χ0n) is 13.5. The van der Waals surface area contributed by atoms with Crippen molar-refractivity contribution in [1.29, 1.82) is 0 Å². The number of sulfonamides is 1. The van der Waals surface area contributed by atoms with Crippen molar-refractivity contribution in [3.05, 3.63) is 35.9 Å². The van der Waals surface area contributed by atoms with Crippen LogP contribution in [0.25, 0.3) is 0 Å². The maximum Gasteiger partial charge on any atom is 0.215 e. The van der Waals surface area contributed by atoms with Crippen molar-refractivity contribution in [3.63, 3.8) is 0 Å². The molecule has 5 heteroatoms. The van der Waals surface area contributed by atoms with E-state index >= 15 is 0 Å². The number of nitrogens with zero attached hydrogens (tertiary/aromatic N) is 1. The van der Waals surface area contributed by atoms with Crippen molar-refractivity contribution >= 4 is 10.0 Å². The second kappa shape index (κ2) is 8.65. The summed E-state index contributed by atoms with van der Waals surface area (Å²) in [6.45, 7) is 4.93. The fourth-order valence-electron chi connectivity index (χ4n) is 3.17. The molecule has 1 aromatic rings. The predicted molar refractivity (Wildman–Crippen MR) is 91.2 cm³/mol. The second-order valence-electron chi connectivity index (χ2n) is 6.09. The first-order valence-corrected chi connectivity index (χ1v) is 10.0. The largest absolute Gasteiger partial charge is 0.300 e. The van der Waals surface area contributed by atoms with Crippen LogP contribution >= 0.6 is 0 Å². The minimum Gasteiger partial charge on any atom is -0.300 e. The van der Waals surface area contributed by atoms with Gasteiger partial charge in [0.15, 0.2) is 0 Å². The molecule has 0 radical (unpaired) electrons. The average Bonchev–Trinajstić information content (AvgIpc) is 2.52. The SMILES string of the molecule is CCC1CCCCN1CCCNS(=O)(=O)Cc1ccccc1. The van der Waals surface area contributed by atoms with E-state index in [1.165, 1.54) is 25.7 Å². The Kier molecular flexibility index (Phi) is 6.86. The number of likely N-dealkylation sites (tertiary alicyclic amines) is 1. The van der Waals surface area contributed by atoms with Crippen LogP contribution in [0, 0.1) is 0 Å². The summed E-state index contributed by atoms with van der Waals surface area (Å²) in [6, 6.07) is 10.0. The highest BCUT2D eigenvalue weighted by molar-refractivity contribution is 7.88. The second-order valence-corrected chi connectivity index (χ2v) is 7.89. The summed E-state index contributed by atoms with van der Waals surface area (Å²) >= 11 is 0. The fraction of sp³-hybridized carbons (Fsp3) is 0.647. The summed E-state index contributed by atoms with van der Waals surface area (Å²) in [5.41, 5.74) is 0.831. The molecule has 1 N–H and O–H groups in total. The van der Waals surface area contributed by atoms with Crippen molar-refractivity contribution in [1.82, 2.24) is 9.62 Å². The Labute approximate surface area is 135 Å². The lowest BCUT2D eigenvalue weighted by atomic mass is 10.00. The number of nitrogens with one attached hydrogen (secondary N) is 1. The van der Waals surface area contributed by atoms with Crippen LogP contribution in [0.2, 0.25) is 0 Å². The first-order chi connectivity index (χ1) is 10.6. The van der Waals surface area contributed by atoms with E-state index in [1.54, 1.807) is 0 Å². The fourth-order valence-corrected chi connectivity index (χ4v) is 4.36. The van der Waals surface area contributed by atoms with Crippen molar-refractivity contribution < 1.29 is 8.42 Å². The summed E-state index contributed by atoms with van der Waals surface area (Å²) in [5.74, 6) is 0.0646. The van der Waals surface area contributed by atoms with E-state index in [1.807, 2.05) is 30.3 Å². The maximum atomic E-state index is 12.0. The molecule has 124 valence electrons. The summed E-state index contributed by atoms with van der Waals surface area (Å²) in [5, 5.41) is 0. The highest BCUT2D eigenvalue weighted by Crippen LogP contribution is 2.19. The minimum atomic E-state index is -3.23. The first-order valence-electron chi connectivity index (χ1n) is 8.36. The molecule has 0 spiro atoms. The zero-order chi connectivity index (χ0) is 15.8. The van der Waals surface area contributed by atoms with Gasteiger partial charge in [-0.2, -0.15) is 0 Å². The van der Waals surface area contributed by atoms with Gasteiger partial charge in [0.25, 0.3) is 0 Å². The molecule has 0 saturated carbocycles. The molecule has 1 aliphatic rings. The third kappa shape index (κ3) is 5.71. The monoisotopic (exact) mass is 324 g/mol. The number of hydrogen-bond acceptors (Lipinski definition) is 3. The van der Waals surface area contributed by atoms with E-state index in [9.17, 15) is 8.42 Å². The van der Waals surface area contributed by atoms with Crippen LogP contribution in [-0.2, 0) is 15.8 Å². The van der Waals surface area contributed by atoms with E-state index < -0.39 is 10.0 Å². The Balaban J connectivity index is 1.71. The van der Waals surface area contributed by atoms with E-state index in [-0.39, 0.29) is 5.75 Å². The lowest BCUT2D eigenvalue weighted by Gasteiger charge is -2.35. The van der Waals surface area contributed by atoms with E-state index in [2.05, 4.69) is 16.5 Å². The van der Waals surface area contributed by atoms with Crippen LogP contribution in [0.5, 0.6) is 0 Å². The Bertz CT molecular complexity index is 531. The van der Waals surface area contributed by atoms with Gasteiger partial charge in [-0.15, -0.1) is 0 Å². The quantitative estimate of drug-likeness (QED) is 0.748. The van der Waals surface area contributed by atoms with Crippen molar-refractivity contribution in [2.24, 2.45) is 0 Å². The van der Waals surface area contributed by atoms with E-state index in [0.717, 1.165) is 25.1 Å². The zero-order valence-corrected chi connectivity index (χ0v) is 14.3. The molecule has 0 aliphatic carbocycles. The number of rotatable bonds is 8. The first kappa shape index (κ1) is 17.4. The molecule has 1 unspecified atom stereocenters. The number of benzene rings is 1. The van der Waals surface area contributed by atoms with Crippen LogP contribution in [0.4, 0.5) is 0 Å². The Morgan fingerprint density at radius 3 is 2.73 bits per heavy atom. The van der Waals surface area contributed by atoms with Gasteiger partial charge in [-0.25, -0.2) is 13.1 Å². The number of piperidine rings is 1. The molecule has 1 aromatic carbocycles. The summed E-state index contributed by atoms with van der Waals surface area (Å²) in [6.07, 6.45) is 5.97. The third-order valence-electron chi connectivity index (χ3n) is 4.36. The molecule has 0 bridgehead atoms. The van der Waals surface area contributed by atoms with Crippen LogP contribution in [0.3, 0.4) is 0 Å². The van der Waals surface area contributed by atoms with Crippen LogP contribution in [0.1, 0.15) is 44.6 Å². The average molecular weight is 324 g/mol. The normalized spacial score (nSPS) is 20.1. The minimum absolute atomic E-state index is 0.0646. The van der Waals surface area contributed by atoms with Crippen LogP contribution in [-0.4, -0.2) is 39.0 Å². The van der Waals surface area contributed by atoms with Crippen LogP contribution in [0.15, 0.2) is 30.3 Å². The lowest BCUT2D eigenvalue weighted by molar-refractivity contribution is 0.143. The molecule has 1 heterocycles. The van der Waals surface area contributed by atoms with Gasteiger partial charge in [-0.1, -0.05) is 43.7 Å². The molecular formula is C17H28N2O2S. The highest BCUT2D eigenvalue weighted by atomic mass is 32.2. The van der Waals surface area contributed by atoms with Gasteiger partial charge in [0.2, 0.25) is 10.0 Å². The summed E-state index contributed by atoms with van der Waals surface area (Å²) in [7, 11) is -3.23. The molecule has 2 rings (SSSR count). The van der Waals surface area contributed by atoms with Gasteiger partial charge in [0.1, 0.15) is 0 Å². The Hall–Kier alpha value is -0.910. The Morgan fingerprint density at radius 1 is 1.23 bits per heavy atom. The molecule has 0 amide bonds. The maximum absolute atomic E-state index is 12.0. The lowest BCUT2D eigenvalue weighted by Crippen LogP contribution is -2.40. The standard InChI is InChI=1S/C17H28N2O2S/c1-2-17-11-6-7-13-19(17)14-8-12-18-22(20,21)15-16-9-4-3-5-10-16/h3-5,9-10,17-18H,2,6-8,11-15H2,1H3. The van der Waals surface area contributed by atoms with E-state index in [4.69, 9.17) is 0 Å². The number of hydrogen-bond donors (Lipinski definition) is 1. The summed E-state index contributed by atoms with van der Waals surface area (Å²) < 4.78 is 26.8. The molecule has 22 heavy (non-hydrogen) atoms. The predicted octanol–water partition coefficient (Wildman–Crippen LogP) is 2.76. The van der Waals surface area contributed by atoms with Gasteiger partial charge >= 0.3 is 0 Å².